The molecule has 0 unspecified atom stereocenters. The summed E-state index contributed by atoms with van der Waals surface area (Å²) in [6, 6.07) is 2.18. The number of nitrogens with one attached hydrogen (secondary N) is 1. The zero-order chi connectivity index (χ0) is 14.4. The van der Waals surface area contributed by atoms with Gasteiger partial charge in [0, 0.05) is 13.1 Å². The van der Waals surface area contributed by atoms with E-state index in [-0.39, 0.29) is 0 Å². The number of rotatable bonds is 6. The average molecular weight is 271 g/mol. The number of nitriles is 1. The number of hydrogen-bond acceptors (Lipinski definition) is 6. The summed E-state index contributed by atoms with van der Waals surface area (Å²) in [4.78, 5) is 0. The largest absolute Gasteiger partial charge is 0.367 e. The molecule has 7 heteroatoms. The fraction of sp³-hybridized carbons (Fsp3) is 0.462. The Morgan fingerprint density at radius 3 is 2.65 bits per heavy atom. The van der Waals surface area contributed by atoms with Crippen LogP contribution in [0, 0.1) is 25.2 Å². The van der Waals surface area contributed by atoms with Crippen molar-refractivity contribution in [3.05, 3.63) is 29.5 Å². The summed E-state index contributed by atoms with van der Waals surface area (Å²) < 4.78 is 1.94. The van der Waals surface area contributed by atoms with Gasteiger partial charge in [0.1, 0.15) is 24.3 Å². The number of aromatic nitrogens is 5. The van der Waals surface area contributed by atoms with Crippen LogP contribution in [0.4, 0.5) is 5.82 Å². The number of nitrogens with zero attached hydrogens (tertiary/aromatic N) is 6. The van der Waals surface area contributed by atoms with Crippen LogP contribution in [-0.4, -0.2) is 31.5 Å². The van der Waals surface area contributed by atoms with E-state index >= 15 is 0 Å². The van der Waals surface area contributed by atoms with Gasteiger partial charge in [-0.1, -0.05) is 0 Å². The van der Waals surface area contributed by atoms with Crippen LogP contribution in [0.3, 0.4) is 0 Å². The molecule has 0 amide bonds. The standard InChI is InChI=1S/C13H17N7/c1-10-11(2)18-19-13(12(10)7-14)15-5-3-4-6-20-8-16-17-9-20/h8-9H,3-6H2,1-2H3,(H,15,19). The first-order valence-corrected chi connectivity index (χ1v) is 6.52. The van der Waals surface area contributed by atoms with Crippen molar-refractivity contribution in [1.29, 1.82) is 5.26 Å². The van der Waals surface area contributed by atoms with E-state index in [2.05, 4.69) is 31.8 Å². The predicted molar refractivity (Wildman–Crippen MR) is 74.0 cm³/mol. The third kappa shape index (κ3) is 3.29. The second kappa shape index (κ2) is 6.61. The Kier molecular flexibility index (Phi) is 4.60. The molecule has 2 aromatic rings. The van der Waals surface area contributed by atoms with Gasteiger partial charge in [0.05, 0.1) is 5.69 Å². The monoisotopic (exact) mass is 271 g/mol. The molecule has 1 N–H and O–H groups in total. The Hall–Kier alpha value is -2.49. The summed E-state index contributed by atoms with van der Waals surface area (Å²) in [6.45, 7) is 5.39. The van der Waals surface area contributed by atoms with Crippen molar-refractivity contribution in [2.75, 3.05) is 11.9 Å². The van der Waals surface area contributed by atoms with E-state index < -0.39 is 0 Å². The highest BCUT2D eigenvalue weighted by Gasteiger charge is 2.09. The Morgan fingerprint density at radius 1 is 1.20 bits per heavy atom. The lowest BCUT2D eigenvalue weighted by atomic mass is 10.1. The molecule has 0 aromatic carbocycles. The minimum Gasteiger partial charge on any atom is -0.367 e. The lowest BCUT2D eigenvalue weighted by Gasteiger charge is -2.09. The van der Waals surface area contributed by atoms with Crippen molar-refractivity contribution in [2.45, 2.75) is 33.2 Å². The Bertz CT molecular complexity index is 598. The van der Waals surface area contributed by atoms with Crippen molar-refractivity contribution in [2.24, 2.45) is 0 Å². The maximum Gasteiger partial charge on any atom is 0.166 e. The van der Waals surface area contributed by atoms with E-state index in [9.17, 15) is 5.26 Å². The molecule has 2 aromatic heterocycles. The van der Waals surface area contributed by atoms with Crippen molar-refractivity contribution in [1.82, 2.24) is 25.0 Å². The highest BCUT2D eigenvalue weighted by molar-refractivity contribution is 5.55. The zero-order valence-corrected chi connectivity index (χ0v) is 11.7. The molecule has 2 heterocycles. The van der Waals surface area contributed by atoms with Crippen molar-refractivity contribution >= 4 is 5.82 Å². The van der Waals surface area contributed by atoms with E-state index in [1.54, 1.807) is 12.7 Å². The fourth-order valence-electron chi connectivity index (χ4n) is 1.83. The number of unbranched alkanes of at least 4 members (excludes halogenated alkanes) is 1. The van der Waals surface area contributed by atoms with Gasteiger partial charge >= 0.3 is 0 Å². The second-order valence-corrected chi connectivity index (χ2v) is 4.58. The summed E-state index contributed by atoms with van der Waals surface area (Å²) in [7, 11) is 0. The van der Waals surface area contributed by atoms with E-state index in [1.807, 2.05) is 18.4 Å². The van der Waals surface area contributed by atoms with E-state index in [0.29, 0.717) is 11.4 Å². The van der Waals surface area contributed by atoms with Crippen LogP contribution in [-0.2, 0) is 6.54 Å². The van der Waals surface area contributed by atoms with Crippen molar-refractivity contribution < 1.29 is 0 Å². The average Bonchev–Trinajstić information content (AvgIpc) is 2.96. The van der Waals surface area contributed by atoms with Gasteiger partial charge < -0.3 is 9.88 Å². The molecule has 7 nitrogen and oxygen atoms in total. The van der Waals surface area contributed by atoms with E-state index in [0.717, 1.165) is 37.2 Å². The van der Waals surface area contributed by atoms with Crippen LogP contribution in [0.5, 0.6) is 0 Å². The quantitative estimate of drug-likeness (QED) is 0.799. The first-order valence-electron chi connectivity index (χ1n) is 6.52. The Morgan fingerprint density at radius 2 is 1.95 bits per heavy atom. The summed E-state index contributed by atoms with van der Waals surface area (Å²) in [5.41, 5.74) is 2.26. The van der Waals surface area contributed by atoms with Gasteiger partial charge in [-0.2, -0.15) is 10.4 Å². The molecule has 20 heavy (non-hydrogen) atoms. The molecule has 104 valence electrons. The fourth-order valence-corrected chi connectivity index (χ4v) is 1.83. The lowest BCUT2D eigenvalue weighted by Crippen LogP contribution is -2.09. The summed E-state index contributed by atoms with van der Waals surface area (Å²) in [6.07, 6.45) is 5.38. The molecule has 0 spiro atoms. The number of anilines is 1. The third-order valence-corrected chi connectivity index (χ3v) is 3.17. The molecule has 0 saturated carbocycles. The van der Waals surface area contributed by atoms with Gasteiger partial charge in [-0.15, -0.1) is 15.3 Å². The molecular weight excluding hydrogens is 254 g/mol. The SMILES string of the molecule is Cc1nnc(NCCCCn2cnnc2)c(C#N)c1C. The minimum absolute atomic E-state index is 0.569. The highest BCUT2D eigenvalue weighted by atomic mass is 15.2. The van der Waals surface area contributed by atoms with E-state index in [4.69, 9.17) is 0 Å². The highest BCUT2D eigenvalue weighted by Crippen LogP contribution is 2.16. The first kappa shape index (κ1) is 13.9. The summed E-state index contributed by atoms with van der Waals surface area (Å²) >= 11 is 0. The van der Waals surface area contributed by atoms with Crippen LogP contribution < -0.4 is 5.32 Å². The van der Waals surface area contributed by atoms with Gasteiger partial charge in [-0.3, -0.25) is 0 Å². The lowest BCUT2D eigenvalue weighted by molar-refractivity contribution is 0.619. The van der Waals surface area contributed by atoms with E-state index in [1.165, 1.54) is 0 Å². The normalized spacial score (nSPS) is 10.2. The molecule has 0 radical (unpaired) electrons. The van der Waals surface area contributed by atoms with Crippen molar-refractivity contribution in [3.8, 4) is 6.07 Å². The molecule has 0 aliphatic heterocycles. The Labute approximate surface area is 117 Å². The molecule has 0 atom stereocenters. The molecule has 0 aliphatic rings. The maximum atomic E-state index is 9.18. The van der Waals surface area contributed by atoms with Gasteiger partial charge in [0.25, 0.3) is 0 Å². The molecule has 0 aliphatic carbocycles. The Balaban J connectivity index is 1.82. The molecular formula is C13H17N7. The first-order chi connectivity index (χ1) is 9.72. The summed E-state index contributed by atoms with van der Waals surface area (Å²) in [5, 5.41) is 27.9. The van der Waals surface area contributed by atoms with Crippen molar-refractivity contribution in [3.63, 3.8) is 0 Å². The third-order valence-electron chi connectivity index (χ3n) is 3.17. The van der Waals surface area contributed by atoms with Gasteiger partial charge in [0.2, 0.25) is 0 Å². The topological polar surface area (TPSA) is 92.3 Å². The van der Waals surface area contributed by atoms with Gasteiger partial charge in [-0.25, -0.2) is 0 Å². The number of hydrogen-bond donors (Lipinski definition) is 1. The molecule has 0 saturated heterocycles. The minimum atomic E-state index is 0.569. The number of aryl methyl sites for hydroxylation is 2. The molecule has 2 rings (SSSR count). The molecule has 0 fully saturated rings. The van der Waals surface area contributed by atoms with Crippen LogP contribution in [0.15, 0.2) is 12.7 Å². The zero-order valence-electron chi connectivity index (χ0n) is 11.7. The predicted octanol–water partition coefficient (Wildman–Crippen LogP) is 1.45. The molecule has 0 bridgehead atoms. The van der Waals surface area contributed by atoms with Crippen LogP contribution in [0.2, 0.25) is 0 Å². The second-order valence-electron chi connectivity index (χ2n) is 4.58. The smallest absolute Gasteiger partial charge is 0.166 e. The van der Waals surface area contributed by atoms with Crippen LogP contribution in [0.25, 0.3) is 0 Å². The van der Waals surface area contributed by atoms with Gasteiger partial charge in [0.15, 0.2) is 5.82 Å². The van der Waals surface area contributed by atoms with Crippen LogP contribution >= 0.6 is 0 Å². The van der Waals surface area contributed by atoms with Gasteiger partial charge in [-0.05, 0) is 32.3 Å². The van der Waals surface area contributed by atoms with Crippen LogP contribution in [0.1, 0.15) is 29.7 Å². The maximum absolute atomic E-state index is 9.18. The summed E-state index contributed by atoms with van der Waals surface area (Å²) in [5.74, 6) is 0.569.